The van der Waals surface area contributed by atoms with Crippen LogP contribution in [0.25, 0.3) is 10.8 Å². The van der Waals surface area contributed by atoms with Crippen LogP contribution in [-0.4, -0.2) is 21.3 Å². The van der Waals surface area contributed by atoms with Gasteiger partial charge in [0.1, 0.15) is 5.75 Å². The van der Waals surface area contributed by atoms with Crippen molar-refractivity contribution in [2.24, 2.45) is 0 Å². The number of carbonyl (C=O) groups is 1. The monoisotopic (exact) mass is 368 g/mol. The third-order valence-corrected chi connectivity index (χ3v) is 4.75. The second kappa shape index (κ2) is 8.12. The van der Waals surface area contributed by atoms with Crippen LogP contribution in [0.5, 0.6) is 5.75 Å². The van der Waals surface area contributed by atoms with E-state index in [2.05, 4.69) is 0 Å². The predicted octanol–water partition coefficient (Wildman–Crippen LogP) is 3.61. The van der Waals surface area contributed by atoms with E-state index in [1.54, 1.807) is 30.3 Å². The van der Waals surface area contributed by atoms with Gasteiger partial charge in [0.2, 0.25) is 0 Å². The van der Waals surface area contributed by atoms with Crippen LogP contribution < -0.4 is 9.04 Å². The van der Waals surface area contributed by atoms with Gasteiger partial charge in [-0.1, -0.05) is 54.6 Å². The molecule has 0 amide bonds. The number of ether oxygens (including phenoxy) is 1. The topological polar surface area (TPSA) is 69.7 Å². The van der Waals surface area contributed by atoms with Gasteiger partial charge >= 0.3 is 5.97 Å². The third-order valence-electron chi connectivity index (χ3n) is 4.01. The molecule has 1 atom stereocenters. The van der Waals surface area contributed by atoms with Crippen LogP contribution >= 0.6 is 0 Å². The molecule has 3 rings (SSSR count). The minimum atomic E-state index is -2.43. The molecule has 3 aromatic carbocycles. The maximum absolute atomic E-state index is 11.9. The first-order valence-corrected chi connectivity index (χ1v) is 9.20. The summed E-state index contributed by atoms with van der Waals surface area (Å²) in [6.07, 6.45) is 0.592. The number of nitrogens with zero attached hydrogens (tertiary/aromatic N) is 1. The summed E-state index contributed by atoms with van der Waals surface area (Å²) >= 11 is -2.43. The quantitative estimate of drug-likeness (QED) is 0.379. The predicted molar refractivity (Wildman–Crippen MR) is 102 cm³/mol. The van der Waals surface area contributed by atoms with E-state index in [1.165, 1.54) is 11.2 Å². The maximum atomic E-state index is 11.9. The minimum Gasteiger partial charge on any atom is -0.755 e. The van der Waals surface area contributed by atoms with E-state index in [9.17, 15) is 13.6 Å². The van der Waals surface area contributed by atoms with Crippen molar-refractivity contribution in [1.29, 1.82) is 0 Å². The highest BCUT2D eigenvalue weighted by atomic mass is 32.2. The highest BCUT2D eigenvalue weighted by Gasteiger charge is 2.14. The van der Waals surface area contributed by atoms with Crippen molar-refractivity contribution >= 4 is 33.7 Å². The lowest BCUT2D eigenvalue weighted by atomic mass is 10.1. The number of esters is 1. The fourth-order valence-corrected chi connectivity index (χ4v) is 3.44. The zero-order valence-corrected chi connectivity index (χ0v) is 15.1. The molecule has 0 aliphatic heterocycles. The Morgan fingerprint density at radius 1 is 1.00 bits per heavy atom. The Bertz CT molecular complexity index is 943. The molecule has 0 aromatic heterocycles. The Balaban J connectivity index is 1.97. The summed E-state index contributed by atoms with van der Waals surface area (Å²) in [6, 6.07) is 20.3. The summed E-state index contributed by atoms with van der Waals surface area (Å²) in [5, 5.41) is 1.40. The Kier molecular flexibility index (Phi) is 5.65. The van der Waals surface area contributed by atoms with Gasteiger partial charge < -0.3 is 13.6 Å². The normalized spacial score (nSPS) is 11.9. The average molecular weight is 368 g/mol. The zero-order chi connectivity index (χ0) is 18.5. The van der Waals surface area contributed by atoms with Crippen molar-refractivity contribution in [1.82, 2.24) is 0 Å². The number of hydrogen-bond donors (Lipinski definition) is 0. The van der Waals surface area contributed by atoms with Crippen molar-refractivity contribution < 1.29 is 18.3 Å². The van der Waals surface area contributed by atoms with Crippen molar-refractivity contribution in [2.75, 3.05) is 10.8 Å². The molecule has 0 saturated carbocycles. The summed E-state index contributed by atoms with van der Waals surface area (Å²) < 4.78 is 30.3. The maximum Gasteiger partial charge on any atom is 0.308 e. The zero-order valence-electron chi connectivity index (χ0n) is 14.3. The molecule has 0 fully saturated rings. The van der Waals surface area contributed by atoms with E-state index in [1.807, 2.05) is 36.4 Å². The highest BCUT2D eigenvalue weighted by Crippen LogP contribution is 2.33. The second-order valence-electron chi connectivity index (χ2n) is 5.78. The third kappa shape index (κ3) is 4.09. The summed E-state index contributed by atoms with van der Waals surface area (Å²) in [5.41, 5.74) is 1.62. The molecule has 0 spiro atoms. The van der Waals surface area contributed by atoms with E-state index in [0.29, 0.717) is 35.2 Å². The molecular weight excluding hydrogens is 350 g/mol. The van der Waals surface area contributed by atoms with Gasteiger partial charge in [-0.3, -0.25) is 9.00 Å². The largest absolute Gasteiger partial charge is 0.755 e. The Labute approximate surface area is 154 Å². The van der Waals surface area contributed by atoms with Crippen LogP contribution in [0.2, 0.25) is 0 Å². The molecule has 0 heterocycles. The summed E-state index contributed by atoms with van der Waals surface area (Å²) in [4.78, 5) is 11.3. The van der Waals surface area contributed by atoms with Crippen LogP contribution in [-0.2, 0) is 22.5 Å². The van der Waals surface area contributed by atoms with Gasteiger partial charge in [0.25, 0.3) is 0 Å². The molecule has 0 radical (unpaired) electrons. The van der Waals surface area contributed by atoms with Crippen molar-refractivity contribution in [3.05, 3.63) is 72.3 Å². The average Bonchev–Trinajstić information content (AvgIpc) is 2.62. The summed E-state index contributed by atoms with van der Waals surface area (Å²) in [5.74, 6) is -0.00669. The standard InChI is InChI=1S/C20H19NO4S/c1-15(22)25-20-12-6-9-17-18(20)10-5-11-19(17)21(26(23)24)14-13-16-7-3-2-4-8-16/h2-12H,13-14H2,1H3,(H,23,24)/p-1. The molecule has 26 heavy (non-hydrogen) atoms. The lowest BCUT2D eigenvalue weighted by molar-refractivity contribution is -0.131. The first-order chi connectivity index (χ1) is 12.6. The van der Waals surface area contributed by atoms with E-state index in [-0.39, 0.29) is 0 Å². The number of anilines is 1. The SMILES string of the molecule is CC(=O)Oc1cccc2c(N(CCc3ccccc3)S(=O)[O-])cccc12. The van der Waals surface area contributed by atoms with Crippen molar-refractivity contribution in [2.45, 2.75) is 13.3 Å². The number of hydrogen-bond acceptors (Lipinski definition) is 4. The number of benzene rings is 3. The number of carbonyl (C=O) groups excluding carboxylic acids is 1. The Morgan fingerprint density at radius 3 is 2.38 bits per heavy atom. The van der Waals surface area contributed by atoms with Gasteiger partial charge in [-0.15, -0.1) is 0 Å². The van der Waals surface area contributed by atoms with Crippen molar-refractivity contribution in [3.63, 3.8) is 0 Å². The second-order valence-corrected chi connectivity index (χ2v) is 6.65. The van der Waals surface area contributed by atoms with Gasteiger partial charge in [-0.05, 0) is 24.1 Å². The molecular formula is C20H18NO4S-. The summed E-state index contributed by atoms with van der Waals surface area (Å²) in [6.45, 7) is 1.65. The van der Waals surface area contributed by atoms with Crippen LogP contribution in [0, 0.1) is 0 Å². The van der Waals surface area contributed by atoms with E-state index < -0.39 is 17.2 Å². The lowest BCUT2D eigenvalue weighted by Crippen LogP contribution is -2.28. The molecule has 0 aliphatic rings. The van der Waals surface area contributed by atoms with Gasteiger partial charge in [-0.2, -0.15) is 0 Å². The van der Waals surface area contributed by atoms with E-state index in [4.69, 9.17) is 4.74 Å². The van der Waals surface area contributed by atoms with E-state index in [0.717, 1.165) is 5.56 Å². The molecule has 0 aliphatic carbocycles. The smallest absolute Gasteiger partial charge is 0.308 e. The lowest BCUT2D eigenvalue weighted by Gasteiger charge is -2.28. The Hall–Kier alpha value is -2.70. The minimum absolute atomic E-state index is 0.316. The summed E-state index contributed by atoms with van der Waals surface area (Å²) in [7, 11) is 0. The molecule has 134 valence electrons. The van der Waals surface area contributed by atoms with Crippen molar-refractivity contribution in [3.8, 4) is 5.75 Å². The Morgan fingerprint density at radius 2 is 1.69 bits per heavy atom. The molecule has 6 heteroatoms. The first-order valence-electron chi connectivity index (χ1n) is 8.17. The van der Waals surface area contributed by atoms with Gasteiger partial charge in [0.15, 0.2) is 0 Å². The number of fused-ring (bicyclic) bond motifs is 1. The van der Waals surface area contributed by atoms with E-state index >= 15 is 0 Å². The highest BCUT2D eigenvalue weighted by molar-refractivity contribution is 7.80. The molecule has 0 bridgehead atoms. The molecule has 1 unspecified atom stereocenters. The van der Waals surface area contributed by atoms with Gasteiger partial charge in [0.05, 0.1) is 5.69 Å². The molecule has 0 N–H and O–H groups in total. The molecule has 0 saturated heterocycles. The van der Waals surface area contributed by atoms with Crippen LogP contribution in [0.4, 0.5) is 5.69 Å². The van der Waals surface area contributed by atoms with Gasteiger partial charge in [0, 0.05) is 35.5 Å². The fraction of sp³-hybridized carbons (Fsp3) is 0.150. The van der Waals surface area contributed by atoms with Crippen LogP contribution in [0.1, 0.15) is 12.5 Å². The van der Waals surface area contributed by atoms with Crippen LogP contribution in [0.15, 0.2) is 66.7 Å². The fourth-order valence-electron chi connectivity index (χ4n) is 2.88. The van der Waals surface area contributed by atoms with Crippen LogP contribution in [0.3, 0.4) is 0 Å². The molecule has 5 nitrogen and oxygen atoms in total. The first kappa shape index (κ1) is 18.1. The van der Waals surface area contributed by atoms with Gasteiger partial charge in [-0.25, -0.2) is 0 Å². The number of rotatable bonds is 6. The molecule has 3 aromatic rings.